The van der Waals surface area contributed by atoms with Crippen molar-refractivity contribution in [1.29, 1.82) is 0 Å². The van der Waals surface area contributed by atoms with Crippen molar-refractivity contribution in [3.05, 3.63) is 50.7 Å². The van der Waals surface area contributed by atoms with Gasteiger partial charge >= 0.3 is 0 Å². The van der Waals surface area contributed by atoms with Crippen molar-refractivity contribution in [2.24, 2.45) is 0 Å². The first-order valence-electron chi connectivity index (χ1n) is 6.30. The van der Waals surface area contributed by atoms with Gasteiger partial charge in [0.05, 0.1) is 11.5 Å². The van der Waals surface area contributed by atoms with Crippen molar-refractivity contribution in [3.8, 4) is 0 Å². The van der Waals surface area contributed by atoms with E-state index in [0.29, 0.717) is 15.5 Å². The van der Waals surface area contributed by atoms with Gasteiger partial charge in [-0.1, -0.05) is 23.7 Å². The molecule has 21 heavy (non-hydrogen) atoms. The number of benzene rings is 1. The van der Waals surface area contributed by atoms with E-state index >= 15 is 0 Å². The van der Waals surface area contributed by atoms with Crippen molar-refractivity contribution in [3.63, 3.8) is 0 Å². The summed E-state index contributed by atoms with van der Waals surface area (Å²) in [7, 11) is -3.69. The Morgan fingerprint density at radius 3 is 2.76 bits per heavy atom. The Morgan fingerprint density at radius 1 is 1.43 bits per heavy atom. The third kappa shape index (κ3) is 3.64. The molecule has 114 valence electrons. The summed E-state index contributed by atoms with van der Waals surface area (Å²) in [5.74, 6) is 0. The molecule has 0 saturated heterocycles. The first-order valence-corrected chi connectivity index (χ1v) is 9.05. The van der Waals surface area contributed by atoms with E-state index in [4.69, 9.17) is 11.6 Å². The SMILES string of the molecule is Cc1csc(CO)c1S(=O)(=O)NC(C)c1cccc(Cl)c1. The lowest BCUT2D eigenvalue weighted by Crippen LogP contribution is -2.27. The van der Waals surface area contributed by atoms with Gasteiger partial charge in [-0.3, -0.25) is 0 Å². The first-order chi connectivity index (χ1) is 9.85. The highest BCUT2D eigenvalue weighted by Gasteiger charge is 2.24. The molecule has 0 bridgehead atoms. The summed E-state index contributed by atoms with van der Waals surface area (Å²) in [4.78, 5) is 0.613. The first kappa shape index (κ1) is 16.5. The number of aryl methyl sites for hydroxylation is 1. The topological polar surface area (TPSA) is 66.4 Å². The predicted octanol–water partition coefficient (Wildman–Crippen LogP) is 3.24. The minimum absolute atomic E-state index is 0.170. The van der Waals surface area contributed by atoms with Crippen molar-refractivity contribution in [1.82, 2.24) is 4.72 Å². The average molecular weight is 346 g/mol. The van der Waals surface area contributed by atoms with Crippen molar-refractivity contribution >= 4 is 33.0 Å². The second-order valence-corrected chi connectivity index (χ2v) is 7.78. The number of aliphatic hydroxyl groups excluding tert-OH is 1. The molecule has 1 unspecified atom stereocenters. The molecule has 1 aromatic carbocycles. The summed E-state index contributed by atoms with van der Waals surface area (Å²) in [6, 6.07) is 6.63. The van der Waals surface area contributed by atoms with Crippen molar-refractivity contribution in [2.45, 2.75) is 31.4 Å². The number of hydrogen-bond acceptors (Lipinski definition) is 4. The minimum atomic E-state index is -3.69. The fourth-order valence-electron chi connectivity index (χ4n) is 2.09. The van der Waals surface area contributed by atoms with Crippen molar-refractivity contribution in [2.75, 3.05) is 0 Å². The van der Waals surface area contributed by atoms with E-state index in [1.54, 1.807) is 37.4 Å². The van der Waals surface area contributed by atoms with Crippen LogP contribution in [0.15, 0.2) is 34.5 Å². The molecular formula is C14H16ClNO3S2. The quantitative estimate of drug-likeness (QED) is 0.874. The second kappa shape index (κ2) is 6.46. The number of rotatable bonds is 5. The standard InChI is InChI=1S/C14H16ClNO3S2/c1-9-8-20-13(7-17)14(9)21(18,19)16-10(2)11-4-3-5-12(15)6-11/h3-6,8,10,16-17H,7H2,1-2H3. The van der Waals surface area contributed by atoms with Gasteiger partial charge in [0.25, 0.3) is 0 Å². The second-order valence-electron chi connectivity index (χ2n) is 4.73. The van der Waals surface area contributed by atoms with Gasteiger partial charge in [-0.25, -0.2) is 13.1 Å². The summed E-state index contributed by atoms with van der Waals surface area (Å²) in [6.07, 6.45) is 0. The molecule has 0 fully saturated rings. The molecule has 1 heterocycles. The maximum absolute atomic E-state index is 12.5. The fourth-order valence-corrected chi connectivity index (χ4v) is 5.19. The highest BCUT2D eigenvalue weighted by Crippen LogP contribution is 2.28. The molecular weight excluding hydrogens is 330 g/mol. The molecule has 2 rings (SSSR count). The number of thiophene rings is 1. The summed E-state index contributed by atoms with van der Waals surface area (Å²) in [5, 5.41) is 11.6. The monoisotopic (exact) mass is 345 g/mol. The Balaban J connectivity index is 2.31. The zero-order chi connectivity index (χ0) is 15.6. The summed E-state index contributed by atoms with van der Waals surface area (Å²) in [6.45, 7) is 3.18. The largest absolute Gasteiger partial charge is 0.391 e. The maximum atomic E-state index is 12.5. The highest BCUT2D eigenvalue weighted by molar-refractivity contribution is 7.89. The number of sulfonamides is 1. The van der Waals surface area contributed by atoms with Crippen LogP contribution in [0.25, 0.3) is 0 Å². The number of nitrogens with one attached hydrogen (secondary N) is 1. The van der Waals surface area contributed by atoms with Gasteiger partial charge in [0.2, 0.25) is 10.0 Å². The minimum Gasteiger partial charge on any atom is -0.391 e. The van der Waals surface area contributed by atoms with E-state index in [0.717, 1.165) is 5.56 Å². The molecule has 0 amide bonds. The molecule has 0 aliphatic rings. The molecule has 0 saturated carbocycles. The van der Waals surface area contributed by atoms with Gasteiger partial charge in [-0.05, 0) is 42.5 Å². The fraction of sp³-hybridized carbons (Fsp3) is 0.286. The molecule has 2 N–H and O–H groups in total. The van der Waals surface area contributed by atoms with Gasteiger partial charge < -0.3 is 5.11 Å². The van der Waals surface area contributed by atoms with Crippen LogP contribution >= 0.6 is 22.9 Å². The van der Waals surface area contributed by atoms with Crippen LogP contribution in [0.1, 0.15) is 29.0 Å². The van der Waals surface area contributed by atoms with Crippen LogP contribution in [0.3, 0.4) is 0 Å². The zero-order valence-corrected chi connectivity index (χ0v) is 14.0. The van der Waals surface area contributed by atoms with Gasteiger partial charge in [0.1, 0.15) is 4.90 Å². The van der Waals surface area contributed by atoms with Crippen LogP contribution in [0, 0.1) is 6.92 Å². The van der Waals surface area contributed by atoms with E-state index in [2.05, 4.69) is 4.72 Å². The Morgan fingerprint density at radius 2 is 2.14 bits per heavy atom. The molecule has 0 radical (unpaired) electrons. The lowest BCUT2D eigenvalue weighted by molar-refractivity contribution is 0.282. The van der Waals surface area contributed by atoms with Crippen LogP contribution in [0.5, 0.6) is 0 Å². The molecule has 1 aromatic heterocycles. The molecule has 0 spiro atoms. The van der Waals surface area contributed by atoms with Gasteiger partial charge in [-0.2, -0.15) is 0 Å². The van der Waals surface area contributed by atoms with Crippen LogP contribution in [0.4, 0.5) is 0 Å². The molecule has 0 aliphatic carbocycles. The highest BCUT2D eigenvalue weighted by atomic mass is 35.5. The molecule has 2 aromatic rings. The maximum Gasteiger partial charge on any atom is 0.242 e. The summed E-state index contributed by atoms with van der Waals surface area (Å²) in [5.41, 5.74) is 1.42. The number of halogens is 1. The molecule has 1 atom stereocenters. The van der Waals surface area contributed by atoms with E-state index in [9.17, 15) is 13.5 Å². The Hall–Kier alpha value is -0.920. The number of hydrogen-bond donors (Lipinski definition) is 2. The van der Waals surface area contributed by atoms with Gasteiger partial charge in [0.15, 0.2) is 0 Å². The van der Waals surface area contributed by atoms with Crippen LogP contribution < -0.4 is 4.72 Å². The zero-order valence-electron chi connectivity index (χ0n) is 11.6. The van der Waals surface area contributed by atoms with Gasteiger partial charge in [0, 0.05) is 11.1 Å². The summed E-state index contributed by atoms with van der Waals surface area (Å²) < 4.78 is 27.7. The Kier molecular flexibility index (Phi) is 5.06. The van der Waals surface area contributed by atoms with Crippen LogP contribution in [0.2, 0.25) is 5.02 Å². The number of aliphatic hydroxyl groups is 1. The predicted molar refractivity (Wildman–Crippen MR) is 85.2 cm³/mol. The smallest absolute Gasteiger partial charge is 0.242 e. The van der Waals surface area contributed by atoms with Gasteiger partial charge in [-0.15, -0.1) is 11.3 Å². The normalized spacial score (nSPS) is 13.3. The van der Waals surface area contributed by atoms with E-state index in [-0.39, 0.29) is 11.5 Å². The van der Waals surface area contributed by atoms with E-state index < -0.39 is 16.1 Å². The van der Waals surface area contributed by atoms with E-state index in [1.807, 2.05) is 6.07 Å². The molecule has 7 heteroatoms. The van der Waals surface area contributed by atoms with Crippen LogP contribution in [-0.4, -0.2) is 13.5 Å². The van der Waals surface area contributed by atoms with E-state index in [1.165, 1.54) is 11.3 Å². The Bertz CT molecular complexity index is 740. The summed E-state index contributed by atoms with van der Waals surface area (Å²) >= 11 is 7.16. The molecule has 4 nitrogen and oxygen atoms in total. The lowest BCUT2D eigenvalue weighted by Gasteiger charge is -2.15. The average Bonchev–Trinajstić information content (AvgIpc) is 2.80. The third-order valence-corrected chi connectivity index (χ3v) is 6.31. The molecule has 0 aliphatic heterocycles. The van der Waals surface area contributed by atoms with Crippen LogP contribution in [-0.2, 0) is 16.6 Å². The Labute approximate surface area is 133 Å². The third-order valence-electron chi connectivity index (χ3n) is 3.08. The lowest BCUT2D eigenvalue weighted by atomic mass is 10.1. The van der Waals surface area contributed by atoms with Crippen molar-refractivity contribution < 1.29 is 13.5 Å².